The van der Waals surface area contributed by atoms with Crippen molar-refractivity contribution in [2.75, 3.05) is 32.7 Å². The van der Waals surface area contributed by atoms with E-state index >= 15 is 0 Å². The molecule has 3 aliphatic heterocycles. The summed E-state index contributed by atoms with van der Waals surface area (Å²) in [4.78, 5) is 27.9. The third-order valence-corrected chi connectivity index (χ3v) is 9.29. The summed E-state index contributed by atoms with van der Waals surface area (Å²) in [5.41, 5.74) is -0.388. The first-order chi connectivity index (χ1) is 17.5. The normalized spacial score (nSPS) is 24.5. The minimum Gasteiger partial charge on any atom is -0.348 e. The molecule has 37 heavy (non-hydrogen) atoms. The van der Waals surface area contributed by atoms with E-state index in [-0.39, 0.29) is 43.6 Å². The third-order valence-electron chi connectivity index (χ3n) is 7.36. The number of carbonyl (C=O) groups excluding carboxylic acids is 2. The maximum absolute atomic E-state index is 14.4. The van der Waals surface area contributed by atoms with E-state index in [1.807, 2.05) is 6.07 Å². The van der Waals surface area contributed by atoms with E-state index in [2.05, 4.69) is 5.32 Å². The number of hydrogen-bond acceptors (Lipinski definition) is 5. The van der Waals surface area contributed by atoms with Crippen LogP contribution in [-0.4, -0.2) is 72.5 Å². The van der Waals surface area contributed by atoms with Gasteiger partial charge >= 0.3 is 0 Å². The molecule has 4 rings (SSSR count). The van der Waals surface area contributed by atoms with Crippen molar-refractivity contribution in [1.82, 2.24) is 18.8 Å². The van der Waals surface area contributed by atoms with Gasteiger partial charge in [0.05, 0.1) is 23.9 Å². The average Bonchev–Trinajstić information content (AvgIpc) is 3.33. The first-order valence-corrected chi connectivity index (χ1v) is 13.8. The number of carbonyl (C=O) groups is 2. The summed E-state index contributed by atoms with van der Waals surface area (Å²) >= 11 is 0. The Kier molecular flexibility index (Phi) is 8.11. The molecule has 3 aliphatic rings. The van der Waals surface area contributed by atoms with Crippen LogP contribution < -0.4 is 5.32 Å². The van der Waals surface area contributed by atoms with Gasteiger partial charge in [-0.05, 0) is 38.7 Å². The molecule has 1 N–H and O–H groups in total. The van der Waals surface area contributed by atoms with Crippen molar-refractivity contribution in [2.45, 2.75) is 51.1 Å². The number of benzene rings is 1. The number of nitrogens with zero attached hydrogens (tertiary/aromatic N) is 4. The standard InChI is InChI=1S/C24H30F3N5O4S/c1-15(19-7-6-17(22(26)27)10-20(19)25)29-23(33)21-5-3-9-32(21)24(34)18-4-2-8-30(14-18)37(35,36)31-12-16(11-28)13-31/h6-7,10,15-16,18,21-22H,2-5,8-9,12-14H2,1H3,(H,29,33)/t15-,18+,21-/m1/s1. The number of nitriles is 1. The number of halogens is 3. The molecule has 0 radical (unpaired) electrons. The molecule has 3 fully saturated rings. The van der Waals surface area contributed by atoms with E-state index in [9.17, 15) is 31.2 Å². The Hall–Kier alpha value is -2.69. The van der Waals surface area contributed by atoms with E-state index in [1.165, 1.54) is 26.5 Å². The summed E-state index contributed by atoms with van der Waals surface area (Å²) in [7, 11) is -3.76. The molecule has 13 heteroatoms. The molecular formula is C24H30F3N5O4S. The van der Waals surface area contributed by atoms with Crippen LogP contribution in [0.25, 0.3) is 0 Å². The Bertz CT molecular complexity index is 1190. The van der Waals surface area contributed by atoms with Gasteiger partial charge in [0.15, 0.2) is 0 Å². The van der Waals surface area contributed by atoms with Gasteiger partial charge in [0.1, 0.15) is 11.9 Å². The molecule has 3 saturated heterocycles. The van der Waals surface area contributed by atoms with Gasteiger partial charge < -0.3 is 10.2 Å². The van der Waals surface area contributed by atoms with Crippen molar-refractivity contribution in [2.24, 2.45) is 11.8 Å². The van der Waals surface area contributed by atoms with Crippen LogP contribution in [0.4, 0.5) is 13.2 Å². The quantitative estimate of drug-likeness (QED) is 0.569. The number of amides is 2. The molecule has 0 saturated carbocycles. The number of likely N-dealkylation sites (tertiary alicyclic amines) is 1. The highest BCUT2D eigenvalue weighted by Gasteiger charge is 2.44. The van der Waals surface area contributed by atoms with Crippen LogP contribution in [0.15, 0.2) is 18.2 Å². The fourth-order valence-corrected chi connectivity index (χ4v) is 6.97. The Morgan fingerprint density at radius 1 is 1.11 bits per heavy atom. The first-order valence-electron chi connectivity index (χ1n) is 12.4. The molecule has 0 spiro atoms. The first kappa shape index (κ1) is 27.3. The maximum Gasteiger partial charge on any atom is 0.282 e. The monoisotopic (exact) mass is 541 g/mol. The average molecular weight is 542 g/mol. The fraction of sp³-hybridized carbons (Fsp3) is 0.625. The van der Waals surface area contributed by atoms with Crippen LogP contribution in [0.1, 0.15) is 56.2 Å². The summed E-state index contributed by atoms with van der Waals surface area (Å²) in [5, 5.41) is 11.6. The predicted molar refractivity (Wildman–Crippen MR) is 127 cm³/mol. The molecule has 202 valence electrons. The van der Waals surface area contributed by atoms with Crippen molar-refractivity contribution >= 4 is 22.0 Å². The lowest BCUT2D eigenvalue weighted by atomic mass is 9.97. The zero-order valence-corrected chi connectivity index (χ0v) is 21.3. The Labute approximate surface area is 214 Å². The van der Waals surface area contributed by atoms with Crippen molar-refractivity contribution in [3.05, 3.63) is 35.1 Å². The largest absolute Gasteiger partial charge is 0.348 e. The zero-order valence-electron chi connectivity index (χ0n) is 20.4. The Balaban J connectivity index is 1.39. The molecule has 2 amide bonds. The lowest BCUT2D eigenvalue weighted by Crippen LogP contribution is -2.57. The SMILES string of the molecule is C[C@@H](NC(=O)[C@H]1CCCN1C(=O)[C@H]1CCCN(S(=O)(=O)N2CC(C#N)C2)C1)c1ccc(C(F)F)cc1F. The molecule has 0 unspecified atom stereocenters. The van der Waals surface area contributed by atoms with Crippen molar-refractivity contribution in [3.63, 3.8) is 0 Å². The van der Waals surface area contributed by atoms with Crippen LogP contribution in [0, 0.1) is 29.0 Å². The van der Waals surface area contributed by atoms with Crippen LogP contribution in [0.5, 0.6) is 0 Å². The molecule has 0 aliphatic carbocycles. The second-order valence-corrected chi connectivity index (χ2v) is 11.8. The lowest BCUT2D eigenvalue weighted by molar-refractivity contribution is -0.142. The van der Waals surface area contributed by atoms with Crippen molar-refractivity contribution in [1.29, 1.82) is 5.26 Å². The predicted octanol–water partition coefficient (Wildman–Crippen LogP) is 2.34. The highest BCUT2D eigenvalue weighted by Crippen LogP contribution is 2.30. The van der Waals surface area contributed by atoms with E-state index in [0.717, 1.165) is 12.1 Å². The highest BCUT2D eigenvalue weighted by molar-refractivity contribution is 7.86. The van der Waals surface area contributed by atoms with Crippen LogP contribution in [0.2, 0.25) is 0 Å². The van der Waals surface area contributed by atoms with Crippen molar-refractivity contribution < 1.29 is 31.2 Å². The number of hydrogen-bond donors (Lipinski definition) is 1. The van der Waals surface area contributed by atoms with E-state index in [1.54, 1.807) is 0 Å². The smallest absolute Gasteiger partial charge is 0.282 e. The number of nitrogens with one attached hydrogen (secondary N) is 1. The van der Waals surface area contributed by atoms with Crippen LogP contribution in [0.3, 0.4) is 0 Å². The van der Waals surface area contributed by atoms with Gasteiger partial charge in [-0.3, -0.25) is 9.59 Å². The van der Waals surface area contributed by atoms with Gasteiger partial charge in [0.25, 0.3) is 16.6 Å². The van der Waals surface area contributed by atoms with E-state index < -0.39 is 51.9 Å². The minimum atomic E-state index is -3.76. The highest BCUT2D eigenvalue weighted by atomic mass is 32.2. The van der Waals surface area contributed by atoms with Crippen molar-refractivity contribution in [3.8, 4) is 6.07 Å². The van der Waals surface area contributed by atoms with Gasteiger partial charge in [-0.1, -0.05) is 12.1 Å². The van der Waals surface area contributed by atoms with Crippen LogP contribution in [-0.2, 0) is 19.8 Å². The molecule has 0 bridgehead atoms. The van der Waals surface area contributed by atoms with E-state index in [0.29, 0.717) is 32.2 Å². The van der Waals surface area contributed by atoms with Gasteiger partial charge in [-0.15, -0.1) is 0 Å². The molecule has 3 atom stereocenters. The van der Waals surface area contributed by atoms with Gasteiger partial charge in [-0.2, -0.15) is 22.3 Å². The second kappa shape index (κ2) is 11.0. The Morgan fingerprint density at radius 2 is 1.81 bits per heavy atom. The van der Waals surface area contributed by atoms with E-state index in [4.69, 9.17) is 5.26 Å². The van der Waals surface area contributed by atoms with Gasteiger partial charge in [0.2, 0.25) is 11.8 Å². The van der Waals surface area contributed by atoms with Crippen LogP contribution >= 0.6 is 0 Å². The lowest BCUT2D eigenvalue weighted by Gasteiger charge is -2.41. The van der Waals surface area contributed by atoms with Gasteiger partial charge in [0, 0.05) is 43.9 Å². The zero-order chi connectivity index (χ0) is 26.9. The summed E-state index contributed by atoms with van der Waals surface area (Å²) < 4.78 is 68.4. The minimum absolute atomic E-state index is 0.0117. The number of alkyl halides is 2. The summed E-state index contributed by atoms with van der Waals surface area (Å²) in [6.07, 6.45) is -0.810. The van der Waals surface area contributed by atoms with Gasteiger partial charge in [-0.25, -0.2) is 13.2 Å². The Morgan fingerprint density at radius 3 is 2.46 bits per heavy atom. The summed E-state index contributed by atoms with van der Waals surface area (Å²) in [6.45, 7) is 2.48. The molecular weight excluding hydrogens is 511 g/mol. The summed E-state index contributed by atoms with van der Waals surface area (Å²) in [5.74, 6) is -2.53. The number of rotatable bonds is 7. The fourth-order valence-electron chi connectivity index (χ4n) is 5.18. The molecule has 0 aromatic heterocycles. The maximum atomic E-state index is 14.4. The summed E-state index contributed by atoms with van der Waals surface area (Å²) in [6, 6.07) is 3.54. The molecule has 3 heterocycles. The number of piperidine rings is 1. The molecule has 1 aromatic carbocycles. The molecule has 9 nitrogen and oxygen atoms in total. The topological polar surface area (TPSA) is 114 Å². The third kappa shape index (κ3) is 5.61. The second-order valence-electron chi connectivity index (χ2n) is 9.85. The molecule has 1 aromatic rings.